The highest BCUT2D eigenvalue weighted by molar-refractivity contribution is 6.28. The van der Waals surface area contributed by atoms with E-state index in [1.165, 1.54) is 6.20 Å². The third-order valence-corrected chi connectivity index (χ3v) is 2.41. The second-order valence-electron chi connectivity index (χ2n) is 3.31. The van der Waals surface area contributed by atoms with Gasteiger partial charge in [0.2, 0.25) is 5.28 Å². The van der Waals surface area contributed by atoms with Crippen molar-refractivity contribution in [1.29, 1.82) is 0 Å². The molecule has 0 spiro atoms. The second kappa shape index (κ2) is 4.37. The van der Waals surface area contributed by atoms with Crippen LogP contribution < -0.4 is 10.6 Å². The van der Waals surface area contributed by atoms with Gasteiger partial charge in [0, 0.05) is 12.7 Å². The molecule has 0 atom stereocenters. The summed E-state index contributed by atoms with van der Waals surface area (Å²) in [6, 6.07) is 9.79. The van der Waals surface area contributed by atoms with E-state index < -0.39 is 0 Å². The summed E-state index contributed by atoms with van der Waals surface area (Å²) in [5.41, 5.74) is 7.29. The number of nitrogens with two attached hydrogens (primary N) is 1. The summed E-state index contributed by atoms with van der Waals surface area (Å²) in [5.74, 6) is 0.603. The molecule has 1 aromatic carbocycles. The van der Waals surface area contributed by atoms with Crippen molar-refractivity contribution in [3.63, 3.8) is 0 Å². The minimum Gasteiger partial charge on any atom is -0.394 e. The SMILES string of the molecule is CN(c1ccccc1)c1nc(Cl)ncc1N. The first kappa shape index (κ1) is 10.7. The van der Waals surface area contributed by atoms with Crippen LogP contribution in [-0.2, 0) is 0 Å². The van der Waals surface area contributed by atoms with Crippen LogP contribution in [0.4, 0.5) is 17.2 Å². The lowest BCUT2D eigenvalue weighted by molar-refractivity contribution is 1.08. The highest BCUT2D eigenvalue weighted by Gasteiger charge is 2.09. The first-order valence-electron chi connectivity index (χ1n) is 4.75. The Labute approximate surface area is 98.7 Å². The number of anilines is 3. The Morgan fingerprint density at radius 1 is 1.25 bits per heavy atom. The Morgan fingerprint density at radius 2 is 1.94 bits per heavy atom. The van der Waals surface area contributed by atoms with Crippen LogP contribution in [0.15, 0.2) is 36.5 Å². The van der Waals surface area contributed by atoms with Gasteiger partial charge in [0.25, 0.3) is 0 Å². The normalized spacial score (nSPS) is 10.1. The van der Waals surface area contributed by atoms with Crippen LogP contribution >= 0.6 is 11.6 Å². The quantitative estimate of drug-likeness (QED) is 0.812. The van der Waals surface area contributed by atoms with Gasteiger partial charge in [0.05, 0.1) is 11.9 Å². The molecule has 1 aromatic heterocycles. The van der Waals surface area contributed by atoms with Gasteiger partial charge < -0.3 is 10.6 Å². The van der Waals surface area contributed by atoms with Gasteiger partial charge in [-0.15, -0.1) is 0 Å². The highest BCUT2D eigenvalue weighted by Crippen LogP contribution is 2.26. The van der Waals surface area contributed by atoms with Crippen molar-refractivity contribution in [2.45, 2.75) is 0 Å². The fraction of sp³-hybridized carbons (Fsp3) is 0.0909. The average molecular weight is 235 g/mol. The van der Waals surface area contributed by atoms with Crippen molar-refractivity contribution in [1.82, 2.24) is 9.97 Å². The van der Waals surface area contributed by atoms with Crippen LogP contribution in [0, 0.1) is 0 Å². The van der Waals surface area contributed by atoms with Crippen molar-refractivity contribution >= 4 is 28.8 Å². The number of rotatable bonds is 2. The topological polar surface area (TPSA) is 55.0 Å². The molecule has 2 aromatic rings. The lowest BCUT2D eigenvalue weighted by Gasteiger charge is -2.19. The molecule has 5 heteroatoms. The molecule has 2 N–H and O–H groups in total. The summed E-state index contributed by atoms with van der Waals surface area (Å²) in [7, 11) is 1.88. The van der Waals surface area contributed by atoms with Crippen LogP contribution in [0.3, 0.4) is 0 Å². The van der Waals surface area contributed by atoms with E-state index in [0.29, 0.717) is 11.5 Å². The highest BCUT2D eigenvalue weighted by atomic mass is 35.5. The van der Waals surface area contributed by atoms with E-state index in [2.05, 4.69) is 9.97 Å². The fourth-order valence-electron chi connectivity index (χ4n) is 1.40. The zero-order chi connectivity index (χ0) is 11.5. The van der Waals surface area contributed by atoms with Gasteiger partial charge in [0.1, 0.15) is 0 Å². The van der Waals surface area contributed by atoms with E-state index in [1.54, 1.807) is 0 Å². The number of halogens is 1. The van der Waals surface area contributed by atoms with Crippen LogP contribution in [0.25, 0.3) is 0 Å². The summed E-state index contributed by atoms with van der Waals surface area (Å²) in [5, 5.41) is 0.187. The van der Waals surface area contributed by atoms with Crippen molar-refractivity contribution in [2.75, 3.05) is 17.7 Å². The van der Waals surface area contributed by atoms with Crippen LogP contribution in [0.5, 0.6) is 0 Å². The number of nitrogens with zero attached hydrogens (tertiary/aromatic N) is 3. The molecule has 0 amide bonds. The maximum atomic E-state index is 5.80. The monoisotopic (exact) mass is 234 g/mol. The summed E-state index contributed by atoms with van der Waals surface area (Å²) >= 11 is 5.74. The largest absolute Gasteiger partial charge is 0.394 e. The van der Waals surface area contributed by atoms with Crippen LogP contribution in [0.2, 0.25) is 5.28 Å². The van der Waals surface area contributed by atoms with Gasteiger partial charge in [-0.3, -0.25) is 0 Å². The number of para-hydroxylation sites is 1. The minimum atomic E-state index is 0.187. The van der Waals surface area contributed by atoms with E-state index in [4.69, 9.17) is 17.3 Å². The molecule has 1 heterocycles. The summed E-state index contributed by atoms with van der Waals surface area (Å²) < 4.78 is 0. The van der Waals surface area contributed by atoms with Crippen molar-refractivity contribution in [3.05, 3.63) is 41.8 Å². The zero-order valence-corrected chi connectivity index (χ0v) is 9.52. The van der Waals surface area contributed by atoms with E-state index in [1.807, 2.05) is 42.3 Å². The molecule has 0 aliphatic heterocycles. The smallest absolute Gasteiger partial charge is 0.224 e. The lowest BCUT2D eigenvalue weighted by atomic mass is 10.3. The van der Waals surface area contributed by atoms with Gasteiger partial charge in [0.15, 0.2) is 5.82 Å². The first-order chi connectivity index (χ1) is 7.68. The Hall–Kier alpha value is -1.81. The summed E-state index contributed by atoms with van der Waals surface area (Å²) in [6.45, 7) is 0. The van der Waals surface area contributed by atoms with Gasteiger partial charge in [-0.05, 0) is 23.7 Å². The molecule has 0 saturated heterocycles. The molecular weight excluding hydrogens is 224 g/mol. The lowest BCUT2D eigenvalue weighted by Crippen LogP contribution is -2.13. The maximum absolute atomic E-state index is 5.80. The molecule has 4 nitrogen and oxygen atoms in total. The fourth-order valence-corrected chi connectivity index (χ4v) is 1.53. The zero-order valence-electron chi connectivity index (χ0n) is 8.76. The Kier molecular flexibility index (Phi) is 2.92. The summed E-state index contributed by atoms with van der Waals surface area (Å²) in [4.78, 5) is 9.79. The maximum Gasteiger partial charge on any atom is 0.224 e. The molecule has 2 rings (SSSR count). The molecule has 0 saturated carbocycles. The predicted molar refractivity (Wildman–Crippen MR) is 66.0 cm³/mol. The van der Waals surface area contributed by atoms with Crippen LogP contribution in [0.1, 0.15) is 0 Å². The van der Waals surface area contributed by atoms with E-state index in [-0.39, 0.29) is 5.28 Å². The Bertz CT molecular complexity index is 487. The van der Waals surface area contributed by atoms with E-state index in [0.717, 1.165) is 5.69 Å². The molecular formula is C11H11ClN4. The van der Waals surface area contributed by atoms with E-state index in [9.17, 15) is 0 Å². The van der Waals surface area contributed by atoms with Gasteiger partial charge in [-0.1, -0.05) is 18.2 Å². The number of aromatic nitrogens is 2. The summed E-state index contributed by atoms with van der Waals surface area (Å²) in [6.07, 6.45) is 1.50. The number of nitrogen functional groups attached to an aromatic ring is 1. The molecule has 0 unspecified atom stereocenters. The number of hydrogen-bond acceptors (Lipinski definition) is 4. The molecule has 0 radical (unpaired) electrons. The molecule has 82 valence electrons. The molecule has 0 fully saturated rings. The second-order valence-corrected chi connectivity index (χ2v) is 3.65. The van der Waals surface area contributed by atoms with Crippen molar-refractivity contribution in [2.24, 2.45) is 0 Å². The number of hydrogen-bond donors (Lipinski definition) is 1. The van der Waals surface area contributed by atoms with Gasteiger partial charge in [-0.25, -0.2) is 4.98 Å². The van der Waals surface area contributed by atoms with Gasteiger partial charge in [-0.2, -0.15) is 4.98 Å². The Morgan fingerprint density at radius 3 is 2.62 bits per heavy atom. The first-order valence-corrected chi connectivity index (χ1v) is 5.13. The van der Waals surface area contributed by atoms with E-state index >= 15 is 0 Å². The molecule has 16 heavy (non-hydrogen) atoms. The van der Waals surface area contributed by atoms with Crippen molar-refractivity contribution in [3.8, 4) is 0 Å². The third kappa shape index (κ3) is 2.06. The molecule has 0 bridgehead atoms. The van der Waals surface area contributed by atoms with Crippen LogP contribution in [-0.4, -0.2) is 17.0 Å². The minimum absolute atomic E-state index is 0.187. The standard InChI is InChI=1S/C11H11ClN4/c1-16(8-5-3-2-4-6-8)10-9(13)7-14-11(12)15-10/h2-7H,13H2,1H3. The molecule has 0 aliphatic carbocycles. The van der Waals surface area contributed by atoms with Crippen molar-refractivity contribution < 1.29 is 0 Å². The predicted octanol–water partition coefficient (Wildman–Crippen LogP) is 2.48. The number of benzene rings is 1. The van der Waals surface area contributed by atoms with Gasteiger partial charge >= 0.3 is 0 Å². The molecule has 0 aliphatic rings. The Balaban J connectivity index is 2.41. The average Bonchev–Trinajstić information content (AvgIpc) is 2.32. The third-order valence-electron chi connectivity index (χ3n) is 2.23.